The van der Waals surface area contributed by atoms with Gasteiger partial charge in [0.2, 0.25) is 5.88 Å². The van der Waals surface area contributed by atoms with Crippen LogP contribution in [0.2, 0.25) is 5.02 Å². The summed E-state index contributed by atoms with van der Waals surface area (Å²) in [5.41, 5.74) is -0.286. The van der Waals surface area contributed by atoms with Crippen LogP contribution in [0.5, 0.6) is 5.88 Å². The Bertz CT molecular complexity index is 463. The molecule has 0 unspecified atom stereocenters. The van der Waals surface area contributed by atoms with Crippen molar-refractivity contribution in [3.63, 3.8) is 0 Å². The van der Waals surface area contributed by atoms with Crippen LogP contribution < -0.4 is 15.4 Å². The van der Waals surface area contributed by atoms with Crippen LogP contribution in [0.25, 0.3) is 0 Å². The van der Waals surface area contributed by atoms with Gasteiger partial charge in [0.1, 0.15) is 6.61 Å². The molecule has 0 aliphatic carbocycles. The molecule has 0 aromatic carbocycles. The molecule has 7 heteroatoms. The molecule has 2 N–H and O–H groups in total. The first-order chi connectivity index (χ1) is 10.5. The number of methoxy groups -OCH3 is 1. The van der Waals surface area contributed by atoms with E-state index in [1.165, 1.54) is 0 Å². The number of aliphatic imine (C=N–C) groups is 1. The predicted octanol–water partition coefficient (Wildman–Crippen LogP) is 2.09. The number of nitrogens with one attached hydrogen (secondary N) is 2. The second-order valence-corrected chi connectivity index (χ2v) is 5.69. The van der Waals surface area contributed by atoms with E-state index in [4.69, 9.17) is 21.1 Å². The van der Waals surface area contributed by atoms with Gasteiger partial charge in [-0.3, -0.25) is 4.99 Å². The van der Waals surface area contributed by atoms with Gasteiger partial charge in [-0.2, -0.15) is 0 Å². The molecule has 0 saturated carbocycles. The van der Waals surface area contributed by atoms with Gasteiger partial charge < -0.3 is 20.1 Å². The molecule has 1 aromatic heterocycles. The Balaban J connectivity index is 2.37. The number of guanidine groups is 1. The van der Waals surface area contributed by atoms with E-state index in [-0.39, 0.29) is 5.60 Å². The smallest absolute Gasteiger partial charge is 0.213 e. The van der Waals surface area contributed by atoms with Gasteiger partial charge in [-0.15, -0.1) is 0 Å². The molecule has 0 aliphatic heterocycles. The van der Waals surface area contributed by atoms with Gasteiger partial charge in [0.05, 0.1) is 23.7 Å². The van der Waals surface area contributed by atoms with E-state index in [2.05, 4.69) is 20.6 Å². The molecule has 0 saturated heterocycles. The largest absolute Gasteiger partial charge is 0.476 e. The number of halogens is 1. The Morgan fingerprint density at radius 1 is 1.36 bits per heavy atom. The van der Waals surface area contributed by atoms with Crippen LogP contribution in [-0.4, -0.2) is 49.9 Å². The van der Waals surface area contributed by atoms with Gasteiger partial charge in [0.25, 0.3) is 0 Å². The SMILES string of the molecule is CCNC(=NCC(C)(C)OC)NCCOc1ccc(Cl)cn1. The average Bonchev–Trinajstić information content (AvgIpc) is 2.51. The Morgan fingerprint density at radius 2 is 2.14 bits per heavy atom. The van der Waals surface area contributed by atoms with Crippen molar-refractivity contribution < 1.29 is 9.47 Å². The van der Waals surface area contributed by atoms with Gasteiger partial charge in [-0.1, -0.05) is 11.6 Å². The minimum atomic E-state index is -0.286. The van der Waals surface area contributed by atoms with Crippen molar-refractivity contribution in [2.75, 3.05) is 33.4 Å². The van der Waals surface area contributed by atoms with E-state index in [0.29, 0.717) is 30.6 Å². The minimum Gasteiger partial charge on any atom is -0.476 e. The number of nitrogens with zero attached hydrogens (tertiary/aromatic N) is 2. The summed E-state index contributed by atoms with van der Waals surface area (Å²) in [6.07, 6.45) is 1.56. The number of rotatable bonds is 8. The first kappa shape index (κ1) is 18.5. The van der Waals surface area contributed by atoms with E-state index >= 15 is 0 Å². The van der Waals surface area contributed by atoms with E-state index in [1.54, 1.807) is 25.4 Å². The molecule has 0 radical (unpaired) electrons. The standard InChI is InChI=1S/C15H25ClN4O2/c1-5-17-14(20-11-15(2,3)21-4)18-8-9-22-13-7-6-12(16)10-19-13/h6-7,10H,5,8-9,11H2,1-4H3,(H2,17,18,20). The van der Waals surface area contributed by atoms with E-state index in [1.807, 2.05) is 20.8 Å². The molecule has 124 valence electrons. The summed E-state index contributed by atoms with van der Waals surface area (Å²) in [5, 5.41) is 6.97. The van der Waals surface area contributed by atoms with Crippen molar-refractivity contribution in [3.8, 4) is 5.88 Å². The molecule has 0 amide bonds. The highest BCUT2D eigenvalue weighted by Gasteiger charge is 2.15. The summed E-state index contributed by atoms with van der Waals surface area (Å²) in [4.78, 5) is 8.56. The number of pyridine rings is 1. The third-order valence-corrected chi connectivity index (χ3v) is 3.08. The molecule has 0 spiro atoms. The molecule has 1 rings (SSSR count). The third kappa shape index (κ3) is 7.47. The van der Waals surface area contributed by atoms with Crippen molar-refractivity contribution in [3.05, 3.63) is 23.4 Å². The maximum atomic E-state index is 5.77. The quantitative estimate of drug-likeness (QED) is 0.434. The molecule has 0 fully saturated rings. The molecule has 1 aromatic rings. The average molecular weight is 329 g/mol. The zero-order valence-electron chi connectivity index (χ0n) is 13.6. The van der Waals surface area contributed by atoms with E-state index < -0.39 is 0 Å². The summed E-state index contributed by atoms with van der Waals surface area (Å²) in [6.45, 7) is 8.46. The van der Waals surface area contributed by atoms with Crippen molar-refractivity contribution in [1.29, 1.82) is 0 Å². The molecule has 0 bridgehead atoms. The summed E-state index contributed by atoms with van der Waals surface area (Å²) in [5.74, 6) is 1.29. The Hall–Kier alpha value is -1.53. The maximum absolute atomic E-state index is 5.77. The van der Waals surface area contributed by atoms with Crippen LogP contribution in [0.15, 0.2) is 23.3 Å². The zero-order valence-corrected chi connectivity index (χ0v) is 14.4. The lowest BCUT2D eigenvalue weighted by molar-refractivity contribution is 0.0310. The molecule has 22 heavy (non-hydrogen) atoms. The minimum absolute atomic E-state index is 0.286. The second-order valence-electron chi connectivity index (χ2n) is 5.25. The normalized spacial score (nSPS) is 12.1. The van der Waals surface area contributed by atoms with Crippen LogP contribution in [0.3, 0.4) is 0 Å². The Morgan fingerprint density at radius 3 is 2.73 bits per heavy atom. The zero-order chi connectivity index (χ0) is 16.4. The first-order valence-electron chi connectivity index (χ1n) is 7.28. The highest BCUT2D eigenvalue weighted by Crippen LogP contribution is 2.11. The van der Waals surface area contributed by atoms with Gasteiger partial charge in [-0.25, -0.2) is 4.98 Å². The number of hydrogen-bond donors (Lipinski definition) is 2. The van der Waals surface area contributed by atoms with E-state index in [0.717, 1.165) is 12.5 Å². The predicted molar refractivity (Wildman–Crippen MR) is 89.8 cm³/mol. The monoisotopic (exact) mass is 328 g/mol. The third-order valence-electron chi connectivity index (χ3n) is 2.86. The van der Waals surface area contributed by atoms with Gasteiger partial charge in [0.15, 0.2) is 5.96 Å². The van der Waals surface area contributed by atoms with Crippen molar-refractivity contribution in [2.45, 2.75) is 26.4 Å². The molecule has 0 atom stereocenters. The molecule has 1 heterocycles. The van der Waals surface area contributed by atoms with E-state index in [9.17, 15) is 0 Å². The van der Waals surface area contributed by atoms with Crippen LogP contribution in [0.1, 0.15) is 20.8 Å². The lowest BCUT2D eigenvalue weighted by Gasteiger charge is -2.21. The van der Waals surface area contributed by atoms with Gasteiger partial charge in [-0.05, 0) is 26.8 Å². The number of ether oxygens (including phenoxy) is 2. The lowest BCUT2D eigenvalue weighted by atomic mass is 10.1. The Labute approximate surface area is 137 Å². The van der Waals surface area contributed by atoms with Crippen LogP contribution in [0, 0.1) is 0 Å². The van der Waals surface area contributed by atoms with Crippen molar-refractivity contribution in [1.82, 2.24) is 15.6 Å². The number of aromatic nitrogens is 1. The fourth-order valence-electron chi connectivity index (χ4n) is 1.45. The highest BCUT2D eigenvalue weighted by molar-refractivity contribution is 6.30. The lowest BCUT2D eigenvalue weighted by Crippen LogP contribution is -2.40. The molecule has 6 nitrogen and oxygen atoms in total. The fraction of sp³-hybridized carbons (Fsp3) is 0.600. The van der Waals surface area contributed by atoms with Gasteiger partial charge in [0, 0.05) is 25.9 Å². The second kappa shape index (κ2) is 9.48. The summed E-state index contributed by atoms with van der Waals surface area (Å²) < 4.78 is 10.9. The van der Waals surface area contributed by atoms with Gasteiger partial charge >= 0.3 is 0 Å². The molecule has 0 aliphatic rings. The highest BCUT2D eigenvalue weighted by atomic mass is 35.5. The summed E-state index contributed by atoms with van der Waals surface area (Å²) in [7, 11) is 1.68. The maximum Gasteiger partial charge on any atom is 0.213 e. The Kier molecular flexibility index (Phi) is 7.98. The molecular formula is C15H25ClN4O2. The summed E-state index contributed by atoms with van der Waals surface area (Å²) >= 11 is 5.77. The topological polar surface area (TPSA) is 67.8 Å². The van der Waals surface area contributed by atoms with Crippen LogP contribution in [0.4, 0.5) is 0 Å². The van der Waals surface area contributed by atoms with Crippen molar-refractivity contribution in [2.24, 2.45) is 4.99 Å². The number of hydrogen-bond acceptors (Lipinski definition) is 4. The van der Waals surface area contributed by atoms with Crippen LogP contribution >= 0.6 is 11.6 Å². The van der Waals surface area contributed by atoms with Crippen LogP contribution in [-0.2, 0) is 4.74 Å². The molecular weight excluding hydrogens is 304 g/mol. The first-order valence-corrected chi connectivity index (χ1v) is 7.66. The fourth-order valence-corrected chi connectivity index (χ4v) is 1.56. The van der Waals surface area contributed by atoms with Crippen molar-refractivity contribution >= 4 is 17.6 Å². The summed E-state index contributed by atoms with van der Waals surface area (Å²) in [6, 6.07) is 3.48.